The Balaban J connectivity index is 1.36. The van der Waals surface area contributed by atoms with E-state index in [4.69, 9.17) is 25.8 Å². The summed E-state index contributed by atoms with van der Waals surface area (Å²) in [5.41, 5.74) is 3.40. The molecule has 1 aliphatic heterocycles. The van der Waals surface area contributed by atoms with Gasteiger partial charge in [0.1, 0.15) is 30.3 Å². The van der Waals surface area contributed by atoms with Crippen molar-refractivity contribution in [2.24, 2.45) is 0 Å². The average Bonchev–Trinajstić information content (AvgIpc) is 3.48. The molecule has 1 saturated heterocycles. The number of aryl methyl sites for hydroxylation is 2. The molecule has 184 valence electrons. The Morgan fingerprint density at radius 3 is 2.31 bits per heavy atom. The van der Waals surface area contributed by atoms with Crippen LogP contribution in [0.25, 0.3) is 11.0 Å². The Kier molecular flexibility index (Phi) is 6.67. The molecule has 4 aromatic rings. The van der Waals surface area contributed by atoms with Crippen molar-refractivity contribution in [1.29, 1.82) is 0 Å². The fraction of sp³-hybridized carbons (Fsp3) is 0.269. The molecule has 36 heavy (non-hydrogen) atoms. The van der Waals surface area contributed by atoms with Gasteiger partial charge in [-0.15, -0.1) is 0 Å². The average molecular weight is 507 g/mol. The van der Waals surface area contributed by atoms with Crippen LogP contribution >= 0.6 is 11.6 Å². The number of esters is 2. The van der Waals surface area contributed by atoms with Crippen LogP contribution in [0.1, 0.15) is 44.5 Å². The van der Waals surface area contributed by atoms with Crippen LogP contribution in [-0.2, 0) is 14.2 Å². The molecule has 0 radical (unpaired) electrons. The van der Waals surface area contributed by atoms with Gasteiger partial charge in [0.05, 0.1) is 22.7 Å². The molecular weight excluding hydrogens is 484 g/mol. The van der Waals surface area contributed by atoms with Gasteiger partial charge in [-0.1, -0.05) is 47.0 Å². The summed E-state index contributed by atoms with van der Waals surface area (Å²) >= 11 is 6.16. The van der Waals surface area contributed by atoms with Crippen molar-refractivity contribution in [2.45, 2.75) is 38.7 Å². The summed E-state index contributed by atoms with van der Waals surface area (Å²) < 4.78 is 19.1. The van der Waals surface area contributed by atoms with Crippen LogP contribution < -0.4 is 0 Å². The van der Waals surface area contributed by atoms with Crippen LogP contribution in [0.15, 0.2) is 61.1 Å². The normalized spacial score (nSPS) is 19.4. The van der Waals surface area contributed by atoms with E-state index in [1.165, 1.54) is 6.33 Å². The fourth-order valence-electron chi connectivity index (χ4n) is 3.99. The van der Waals surface area contributed by atoms with Gasteiger partial charge in [0.25, 0.3) is 0 Å². The number of halogens is 1. The van der Waals surface area contributed by atoms with Gasteiger partial charge in [-0.05, 0) is 38.1 Å². The molecule has 1 aliphatic rings. The molecule has 0 spiro atoms. The maximum Gasteiger partial charge on any atom is 0.338 e. The van der Waals surface area contributed by atoms with Gasteiger partial charge in [0, 0.05) is 6.42 Å². The quantitative estimate of drug-likeness (QED) is 0.278. The molecule has 2 aromatic carbocycles. The van der Waals surface area contributed by atoms with Crippen molar-refractivity contribution in [2.75, 3.05) is 6.61 Å². The topological polar surface area (TPSA) is 105 Å². The van der Waals surface area contributed by atoms with Gasteiger partial charge >= 0.3 is 11.9 Å². The maximum atomic E-state index is 12.9. The molecular formula is C26H23ClN4O5. The zero-order chi connectivity index (χ0) is 25.2. The highest BCUT2D eigenvalue weighted by Crippen LogP contribution is 2.34. The first-order valence-corrected chi connectivity index (χ1v) is 11.8. The van der Waals surface area contributed by atoms with Crippen molar-refractivity contribution in [3.8, 4) is 0 Å². The minimum absolute atomic E-state index is 0.107. The number of carbonyl (C=O) groups is 2. The van der Waals surface area contributed by atoms with E-state index in [0.717, 1.165) is 11.1 Å². The van der Waals surface area contributed by atoms with E-state index in [-0.39, 0.29) is 18.2 Å². The highest BCUT2D eigenvalue weighted by atomic mass is 35.5. The number of fused-ring (bicyclic) bond motifs is 1. The van der Waals surface area contributed by atoms with Gasteiger partial charge in [-0.25, -0.2) is 24.2 Å². The monoisotopic (exact) mass is 506 g/mol. The van der Waals surface area contributed by atoms with Crippen molar-refractivity contribution in [3.63, 3.8) is 0 Å². The Hall–Kier alpha value is -3.82. The predicted molar refractivity (Wildman–Crippen MR) is 131 cm³/mol. The molecule has 0 bridgehead atoms. The Morgan fingerprint density at radius 1 is 1.00 bits per heavy atom. The molecule has 0 amide bonds. The van der Waals surface area contributed by atoms with Gasteiger partial charge in [0.15, 0.2) is 11.9 Å². The van der Waals surface area contributed by atoms with Crippen molar-refractivity contribution in [3.05, 3.63) is 88.5 Å². The molecule has 3 heterocycles. The number of hydrogen-bond acceptors (Lipinski definition) is 8. The van der Waals surface area contributed by atoms with E-state index in [1.54, 1.807) is 35.1 Å². The first-order valence-electron chi connectivity index (χ1n) is 11.4. The summed E-state index contributed by atoms with van der Waals surface area (Å²) in [6.45, 7) is 3.77. The standard InChI is InChI=1S/C26H23ClN4O5/c1-15-3-7-17(8-4-15)25(32)34-13-21-20(36-26(33)18-9-5-16(2)6-10-18)11-22(35-21)31-24-19(12-30-31)23(27)28-14-29-24/h3-10,12,14,20-22H,11,13H2,1-2H3/t20-,21+,22-/m0/s1. The molecule has 5 rings (SSSR count). The molecule has 9 nitrogen and oxygen atoms in total. The number of hydrogen-bond donors (Lipinski definition) is 0. The molecule has 1 fully saturated rings. The van der Waals surface area contributed by atoms with Crippen LogP contribution in [-0.4, -0.2) is 50.5 Å². The molecule has 0 N–H and O–H groups in total. The van der Waals surface area contributed by atoms with E-state index >= 15 is 0 Å². The second-order valence-electron chi connectivity index (χ2n) is 8.63. The minimum atomic E-state index is -0.713. The van der Waals surface area contributed by atoms with Crippen LogP contribution in [0.2, 0.25) is 5.15 Å². The summed E-state index contributed by atoms with van der Waals surface area (Å²) in [6, 6.07) is 14.2. The van der Waals surface area contributed by atoms with Gasteiger partial charge in [0.2, 0.25) is 0 Å². The molecule has 10 heteroatoms. The molecule has 0 aliphatic carbocycles. The second-order valence-corrected chi connectivity index (χ2v) is 8.99. The van der Waals surface area contributed by atoms with E-state index in [2.05, 4.69) is 15.1 Å². The summed E-state index contributed by atoms with van der Waals surface area (Å²) in [7, 11) is 0. The number of ether oxygens (including phenoxy) is 3. The third kappa shape index (κ3) is 4.93. The predicted octanol–water partition coefficient (Wildman–Crippen LogP) is 4.47. The van der Waals surface area contributed by atoms with Crippen LogP contribution in [0.5, 0.6) is 0 Å². The van der Waals surface area contributed by atoms with Gasteiger partial charge in [-0.3, -0.25) is 0 Å². The van der Waals surface area contributed by atoms with Crippen molar-refractivity contribution >= 4 is 34.6 Å². The van der Waals surface area contributed by atoms with Crippen LogP contribution in [0, 0.1) is 13.8 Å². The Labute approximate surface area is 212 Å². The van der Waals surface area contributed by atoms with Crippen LogP contribution in [0.3, 0.4) is 0 Å². The fourth-order valence-corrected chi connectivity index (χ4v) is 4.17. The Bertz CT molecular complexity index is 1400. The van der Waals surface area contributed by atoms with E-state index in [1.807, 2.05) is 38.1 Å². The SMILES string of the molecule is Cc1ccc(C(=O)OC[C@H]2O[C@H](n3ncc4c(Cl)ncnc43)C[C@@H]2OC(=O)c2ccc(C)cc2)cc1. The summed E-state index contributed by atoms with van der Waals surface area (Å²) in [5.74, 6) is -0.982. The number of aromatic nitrogens is 4. The molecule has 2 aromatic heterocycles. The summed E-state index contributed by atoms with van der Waals surface area (Å²) in [5, 5.41) is 5.21. The van der Waals surface area contributed by atoms with Gasteiger partial charge in [-0.2, -0.15) is 5.10 Å². The second kappa shape index (κ2) is 10.0. The van der Waals surface area contributed by atoms with Crippen LogP contribution in [0.4, 0.5) is 0 Å². The molecule has 0 unspecified atom stereocenters. The number of rotatable bonds is 6. The minimum Gasteiger partial charge on any atom is -0.459 e. The van der Waals surface area contributed by atoms with E-state index in [9.17, 15) is 9.59 Å². The maximum absolute atomic E-state index is 12.9. The number of nitrogens with zero attached hydrogens (tertiary/aromatic N) is 4. The zero-order valence-electron chi connectivity index (χ0n) is 19.6. The Morgan fingerprint density at radius 2 is 1.64 bits per heavy atom. The molecule has 0 saturated carbocycles. The lowest BCUT2D eigenvalue weighted by Crippen LogP contribution is -2.32. The summed E-state index contributed by atoms with van der Waals surface area (Å²) in [6.07, 6.45) is 1.16. The third-order valence-corrected chi connectivity index (χ3v) is 6.31. The number of benzene rings is 2. The van der Waals surface area contributed by atoms with E-state index < -0.39 is 30.4 Å². The van der Waals surface area contributed by atoms with Gasteiger partial charge < -0.3 is 14.2 Å². The zero-order valence-corrected chi connectivity index (χ0v) is 20.4. The lowest BCUT2D eigenvalue weighted by atomic mass is 10.1. The highest BCUT2D eigenvalue weighted by Gasteiger charge is 2.41. The highest BCUT2D eigenvalue weighted by molar-refractivity contribution is 6.33. The lowest BCUT2D eigenvalue weighted by molar-refractivity contribution is -0.0590. The first kappa shape index (κ1) is 23.9. The lowest BCUT2D eigenvalue weighted by Gasteiger charge is -2.19. The van der Waals surface area contributed by atoms with Crippen molar-refractivity contribution < 1.29 is 23.8 Å². The third-order valence-electron chi connectivity index (χ3n) is 6.01. The van der Waals surface area contributed by atoms with Crippen molar-refractivity contribution in [1.82, 2.24) is 19.7 Å². The molecule has 3 atom stereocenters. The number of carbonyl (C=O) groups excluding carboxylic acids is 2. The first-order chi connectivity index (χ1) is 17.4. The van der Waals surface area contributed by atoms with E-state index in [0.29, 0.717) is 22.2 Å². The smallest absolute Gasteiger partial charge is 0.338 e. The largest absolute Gasteiger partial charge is 0.459 e. The summed E-state index contributed by atoms with van der Waals surface area (Å²) in [4.78, 5) is 33.7.